The van der Waals surface area contributed by atoms with Crippen LogP contribution in [0.15, 0.2) is 0 Å². The van der Waals surface area contributed by atoms with Crippen molar-refractivity contribution in [1.82, 2.24) is 30.5 Å². The summed E-state index contributed by atoms with van der Waals surface area (Å²) in [4.78, 5) is 64.3. The molecule has 6 N–H and O–H groups in total. The van der Waals surface area contributed by atoms with Crippen molar-refractivity contribution in [2.75, 3.05) is 26.2 Å². The number of hydrogen-bond donors (Lipinski definition) is 6. The zero-order valence-corrected chi connectivity index (χ0v) is 34.9. The first-order valence-electron chi connectivity index (χ1n) is 18.8. The Labute approximate surface area is 310 Å². The number of rotatable bonds is 14. The number of carbonyl (C=O) groups is 5. The minimum Gasteiger partial charge on any atom is -0.363 e. The number of carbonyl (C=O) groups excluding carboxylic acids is 5. The van der Waals surface area contributed by atoms with Crippen LogP contribution < -0.4 is 27.0 Å². The van der Waals surface area contributed by atoms with Gasteiger partial charge in [-0.25, -0.2) is 9.10 Å². The normalized spacial score (nSPS) is 17.5. The highest BCUT2D eigenvalue weighted by molar-refractivity contribution is 7.77. The molecule has 50 heavy (non-hydrogen) atoms. The molecule has 12 nitrogen and oxygen atoms in total. The van der Waals surface area contributed by atoms with Crippen LogP contribution in [-0.2, 0) is 19.2 Å². The molecule has 1 aliphatic heterocycles. The Morgan fingerprint density at radius 2 is 1.42 bits per heavy atom. The smallest absolute Gasteiger partial charge is 0.315 e. The van der Waals surface area contributed by atoms with E-state index in [9.17, 15) is 24.0 Å². The second-order valence-electron chi connectivity index (χ2n) is 15.5. The average molecular weight is 730 g/mol. The third-order valence-corrected chi connectivity index (χ3v) is 8.97. The Morgan fingerprint density at radius 3 is 1.82 bits per heavy atom. The molecule has 0 radical (unpaired) electrons. The number of nitrogens with one attached hydrogen (secondary N) is 4. The van der Waals surface area contributed by atoms with Crippen molar-refractivity contribution in [3.8, 4) is 0 Å². The zero-order valence-electron chi connectivity index (χ0n) is 34.0. The molecule has 1 heterocycles. The molecule has 4 unspecified atom stereocenters. The quantitative estimate of drug-likeness (QED) is 0.0827. The Balaban J connectivity index is 0. The summed E-state index contributed by atoms with van der Waals surface area (Å²) in [6.07, 6.45) is 6.67. The van der Waals surface area contributed by atoms with Gasteiger partial charge in [-0.1, -0.05) is 115 Å². The molecule has 0 aromatic rings. The monoisotopic (exact) mass is 730 g/mol. The molecule has 4 atom stereocenters. The fraction of sp³-hybridized carbons (Fsp3) is 0.865. The van der Waals surface area contributed by atoms with Crippen LogP contribution in [-0.4, -0.2) is 95.1 Å². The molecule has 0 spiro atoms. The lowest BCUT2D eigenvalue weighted by atomic mass is 9.85. The van der Waals surface area contributed by atoms with Crippen molar-refractivity contribution < 1.29 is 24.0 Å². The summed E-state index contributed by atoms with van der Waals surface area (Å²) in [5, 5.41) is 11.7. The molecule has 0 aromatic heterocycles. The highest BCUT2D eigenvalue weighted by atomic mass is 32.1. The molecular formula is C37H75N7O5S. The van der Waals surface area contributed by atoms with Crippen molar-refractivity contribution in [1.29, 1.82) is 0 Å². The molecule has 1 aliphatic carbocycles. The summed E-state index contributed by atoms with van der Waals surface area (Å²) < 4.78 is 1.93. The maximum absolute atomic E-state index is 13.7. The SMILES string of the molecule is CC.CC(NC(=O)C1CCCN1C(=O)C(NC(=O)NC(CNCCN(S)C(C)C)C(C)(C)C)C(C)(C)C)C(=O)C(N)=O.CCC.CCC1CC1. The first-order chi connectivity index (χ1) is 23.1. The molecule has 13 heteroatoms. The predicted octanol–water partition coefficient (Wildman–Crippen LogP) is 5.06. The van der Waals surface area contributed by atoms with E-state index in [2.05, 4.69) is 68.7 Å². The number of hydrogen-bond acceptors (Lipinski definition) is 8. The van der Waals surface area contributed by atoms with Gasteiger partial charge in [-0.05, 0) is 50.4 Å². The Kier molecular flexibility index (Phi) is 24.6. The van der Waals surface area contributed by atoms with E-state index in [-0.39, 0.29) is 17.4 Å². The Bertz CT molecular complexity index is 1020. The predicted molar refractivity (Wildman–Crippen MR) is 209 cm³/mol. The first kappa shape index (κ1) is 49.7. The van der Waals surface area contributed by atoms with E-state index >= 15 is 0 Å². The van der Waals surface area contributed by atoms with E-state index in [0.29, 0.717) is 38.5 Å². The van der Waals surface area contributed by atoms with E-state index in [4.69, 9.17) is 5.73 Å². The van der Waals surface area contributed by atoms with Crippen LogP contribution in [0.1, 0.15) is 135 Å². The number of thiol groups is 1. The van der Waals surface area contributed by atoms with Crippen LogP contribution in [0, 0.1) is 16.7 Å². The summed E-state index contributed by atoms with van der Waals surface area (Å²) in [5.74, 6) is -1.85. The maximum atomic E-state index is 13.7. The van der Waals surface area contributed by atoms with Crippen molar-refractivity contribution >= 4 is 42.4 Å². The van der Waals surface area contributed by atoms with Crippen LogP contribution >= 0.6 is 12.8 Å². The summed E-state index contributed by atoms with van der Waals surface area (Å²) in [6, 6.07) is -3.24. The molecule has 2 fully saturated rings. The number of Topliss-reactive ketones (excluding diaryl/α,β-unsaturated/α-hetero) is 1. The third-order valence-electron chi connectivity index (χ3n) is 8.31. The first-order valence-corrected chi connectivity index (χ1v) is 19.2. The van der Waals surface area contributed by atoms with Crippen molar-refractivity contribution in [2.45, 2.75) is 166 Å². The van der Waals surface area contributed by atoms with E-state index in [1.165, 1.54) is 37.5 Å². The van der Waals surface area contributed by atoms with Gasteiger partial charge in [0, 0.05) is 38.3 Å². The minimum atomic E-state index is -1.14. The lowest BCUT2D eigenvalue weighted by Gasteiger charge is -2.37. The molecule has 1 saturated carbocycles. The van der Waals surface area contributed by atoms with Gasteiger partial charge in [0.05, 0.1) is 6.04 Å². The van der Waals surface area contributed by atoms with Gasteiger partial charge in [0.15, 0.2) is 0 Å². The number of urea groups is 1. The number of primary amides is 1. The fourth-order valence-electron chi connectivity index (χ4n) is 4.84. The molecule has 1 saturated heterocycles. The number of nitrogens with two attached hydrogens (primary N) is 1. The van der Waals surface area contributed by atoms with Gasteiger partial charge >= 0.3 is 6.03 Å². The van der Waals surface area contributed by atoms with Crippen molar-refractivity contribution in [3.63, 3.8) is 0 Å². The lowest BCUT2D eigenvalue weighted by molar-refractivity contribution is -0.143. The fourth-order valence-corrected chi connectivity index (χ4v) is 4.94. The molecule has 2 aliphatic rings. The third kappa shape index (κ3) is 19.9. The lowest BCUT2D eigenvalue weighted by Crippen LogP contribution is -2.61. The van der Waals surface area contributed by atoms with Gasteiger partial charge in [-0.2, -0.15) is 0 Å². The van der Waals surface area contributed by atoms with Crippen LogP contribution in [0.5, 0.6) is 0 Å². The van der Waals surface area contributed by atoms with Crippen LogP contribution in [0.3, 0.4) is 0 Å². The maximum Gasteiger partial charge on any atom is 0.315 e. The van der Waals surface area contributed by atoms with E-state index < -0.39 is 47.2 Å². The summed E-state index contributed by atoms with van der Waals surface area (Å²) >= 11 is 4.45. The van der Waals surface area contributed by atoms with Gasteiger partial charge < -0.3 is 31.9 Å². The van der Waals surface area contributed by atoms with Gasteiger partial charge in [0.1, 0.15) is 12.1 Å². The van der Waals surface area contributed by atoms with E-state index in [1.807, 2.05) is 59.7 Å². The highest BCUT2D eigenvalue weighted by Crippen LogP contribution is 2.31. The number of likely N-dealkylation sites (tertiary alicyclic amines) is 1. The molecule has 2 rings (SSSR count). The number of amides is 5. The van der Waals surface area contributed by atoms with E-state index in [0.717, 1.165) is 12.5 Å². The minimum absolute atomic E-state index is 0.231. The number of nitrogens with zero attached hydrogens (tertiary/aromatic N) is 2. The molecule has 294 valence electrons. The molecule has 5 amide bonds. The highest BCUT2D eigenvalue weighted by Gasteiger charge is 2.42. The zero-order chi connectivity index (χ0) is 39.4. The number of ketones is 1. The van der Waals surface area contributed by atoms with Gasteiger partial charge in [0.2, 0.25) is 17.6 Å². The largest absolute Gasteiger partial charge is 0.363 e. The molecule has 0 bridgehead atoms. The standard InChI is InChI=1S/C27H51N7O5S.C5H10.C3H8.C2H6/c1-16(2)34(40)14-12-29-15-19(26(4,5)6)31-25(39)32-21(27(7,8)9)24(38)33-13-10-11-18(33)23(37)30-17(3)20(35)22(28)36;1-2-5-3-4-5;1-3-2;1-2/h16-19,21,29,40H,10-15H2,1-9H3,(H2,28,36)(H,30,37)(H2,31,32,39);5H,2-4H2,1H3;3H2,1-2H3;1-2H3. The Morgan fingerprint density at radius 1 is 0.880 bits per heavy atom. The average Bonchev–Trinajstić information content (AvgIpc) is 3.74. The summed E-state index contributed by atoms with van der Waals surface area (Å²) in [6.45, 7) is 29.9. The second-order valence-corrected chi connectivity index (χ2v) is 16.0. The summed E-state index contributed by atoms with van der Waals surface area (Å²) in [7, 11) is 0. The van der Waals surface area contributed by atoms with Crippen LogP contribution in [0.25, 0.3) is 0 Å². The molecule has 0 aromatic carbocycles. The van der Waals surface area contributed by atoms with Crippen molar-refractivity contribution in [2.24, 2.45) is 22.5 Å². The molecular weight excluding hydrogens is 655 g/mol. The van der Waals surface area contributed by atoms with Crippen molar-refractivity contribution in [3.05, 3.63) is 0 Å². The van der Waals surface area contributed by atoms with Crippen LogP contribution in [0.2, 0.25) is 0 Å². The van der Waals surface area contributed by atoms with Gasteiger partial charge in [-0.3, -0.25) is 19.2 Å². The van der Waals surface area contributed by atoms with Crippen LogP contribution in [0.4, 0.5) is 4.79 Å². The Hall–Kier alpha value is -2.38. The van der Waals surface area contributed by atoms with Gasteiger partial charge in [0.25, 0.3) is 5.91 Å². The second kappa shape index (κ2) is 24.7. The van der Waals surface area contributed by atoms with E-state index in [1.54, 1.807) is 0 Å². The van der Waals surface area contributed by atoms with Gasteiger partial charge in [-0.15, -0.1) is 0 Å². The summed E-state index contributed by atoms with van der Waals surface area (Å²) in [5.41, 5.74) is 4.11. The topological polar surface area (TPSA) is 166 Å².